The van der Waals surface area contributed by atoms with Crippen molar-refractivity contribution in [1.29, 1.82) is 0 Å². The minimum atomic E-state index is 0.853. The molecule has 0 aliphatic carbocycles. The summed E-state index contributed by atoms with van der Waals surface area (Å²) in [6.45, 7) is 0. The molecular formula is C28H18N4. The van der Waals surface area contributed by atoms with Gasteiger partial charge in [0.1, 0.15) is 0 Å². The lowest BCUT2D eigenvalue weighted by molar-refractivity contribution is 0.972. The summed E-state index contributed by atoms with van der Waals surface area (Å²) in [5.74, 6) is 0.853. The lowest BCUT2D eigenvalue weighted by Gasteiger charge is -2.10. The Hall–Kier alpha value is -4.44. The van der Waals surface area contributed by atoms with Crippen LogP contribution in [0.15, 0.2) is 109 Å². The number of fused-ring (bicyclic) bond motifs is 5. The first kappa shape index (κ1) is 17.3. The van der Waals surface area contributed by atoms with Crippen molar-refractivity contribution in [3.05, 3.63) is 109 Å². The fraction of sp³-hybridized carbons (Fsp3) is 0. The van der Waals surface area contributed by atoms with Crippen molar-refractivity contribution in [2.75, 3.05) is 0 Å². The molecule has 0 fully saturated rings. The van der Waals surface area contributed by atoms with Crippen LogP contribution in [0.3, 0.4) is 0 Å². The van der Waals surface area contributed by atoms with Gasteiger partial charge in [-0.25, -0.2) is 0 Å². The van der Waals surface area contributed by atoms with Crippen molar-refractivity contribution in [2.45, 2.75) is 0 Å². The van der Waals surface area contributed by atoms with Crippen molar-refractivity contribution in [1.82, 2.24) is 19.3 Å². The number of aromatic nitrogens is 4. The molecule has 4 heteroatoms. The molecule has 7 aromatic rings. The van der Waals surface area contributed by atoms with Gasteiger partial charge >= 0.3 is 0 Å². The molecule has 0 radical (unpaired) electrons. The second-order valence-corrected chi connectivity index (χ2v) is 8.06. The standard InChI is InChI=1S/C28H18N4/c1-2-9-21(10-3-1)31-15-14-19-16-24-23-12-6-7-13-25(23)32(27(24)17-26(19)31)28-22-11-5-4-8-20(22)18-29-30-28/h1-18H. The van der Waals surface area contributed by atoms with E-state index in [1.165, 1.54) is 21.7 Å². The zero-order valence-corrected chi connectivity index (χ0v) is 17.2. The second kappa shape index (κ2) is 6.53. The molecule has 0 saturated carbocycles. The Balaban J connectivity index is 1.64. The van der Waals surface area contributed by atoms with Crippen LogP contribution in [0.5, 0.6) is 0 Å². The van der Waals surface area contributed by atoms with Gasteiger partial charge in [0.15, 0.2) is 5.82 Å². The maximum atomic E-state index is 4.60. The van der Waals surface area contributed by atoms with Crippen LogP contribution in [0, 0.1) is 0 Å². The van der Waals surface area contributed by atoms with E-state index < -0.39 is 0 Å². The smallest absolute Gasteiger partial charge is 0.168 e. The highest BCUT2D eigenvalue weighted by molar-refractivity contribution is 6.14. The molecule has 4 aromatic carbocycles. The third-order valence-corrected chi connectivity index (χ3v) is 6.28. The van der Waals surface area contributed by atoms with E-state index in [9.17, 15) is 0 Å². The summed E-state index contributed by atoms with van der Waals surface area (Å²) in [7, 11) is 0. The number of nitrogens with zero attached hydrogens (tertiary/aromatic N) is 4. The first-order valence-electron chi connectivity index (χ1n) is 10.7. The van der Waals surface area contributed by atoms with Gasteiger partial charge in [0.25, 0.3) is 0 Å². The lowest BCUT2D eigenvalue weighted by Crippen LogP contribution is -2.00. The molecular weight excluding hydrogens is 392 g/mol. The Morgan fingerprint density at radius 1 is 0.562 bits per heavy atom. The van der Waals surface area contributed by atoms with E-state index in [2.05, 4.69) is 110 Å². The van der Waals surface area contributed by atoms with Gasteiger partial charge in [-0.15, -0.1) is 5.10 Å². The monoisotopic (exact) mass is 410 g/mol. The van der Waals surface area contributed by atoms with Gasteiger partial charge in [-0.1, -0.05) is 60.7 Å². The largest absolute Gasteiger partial charge is 0.316 e. The van der Waals surface area contributed by atoms with Crippen LogP contribution in [0.4, 0.5) is 0 Å². The highest BCUT2D eigenvalue weighted by Gasteiger charge is 2.17. The van der Waals surface area contributed by atoms with Crippen LogP contribution in [-0.2, 0) is 0 Å². The van der Waals surface area contributed by atoms with Gasteiger partial charge < -0.3 is 4.57 Å². The molecule has 0 N–H and O–H groups in total. The predicted octanol–water partition coefficient (Wildman–Crippen LogP) is 6.67. The summed E-state index contributed by atoms with van der Waals surface area (Å²) < 4.78 is 4.49. The van der Waals surface area contributed by atoms with E-state index in [-0.39, 0.29) is 0 Å². The van der Waals surface area contributed by atoms with E-state index in [1.807, 2.05) is 18.3 Å². The van der Waals surface area contributed by atoms with Gasteiger partial charge in [0, 0.05) is 38.8 Å². The topological polar surface area (TPSA) is 35.6 Å². The van der Waals surface area contributed by atoms with Gasteiger partial charge in [-0.05, 0) is 36.4 Å². The van der Waals surface area contributed by atoms with Crippen molar-refractivity contribution < 1.29 is 0 Å². The van der Waals surface area contributed by atoms with E-state index >= 15 is 0 Å². The van der Waals surface area contributed by atoms with Gasteiger partial charge in [-0.3, -0.25) is 4.57 Å². The highest BCUT2D eigenvalue weighted by Crippen LogP contribution is 2.36. The van der Waals surface area contributed by atoms with Crippen LogP contribution in [0.1, 0.15) is 0 Å². The van der Waals surface area contributed by atoms with Crippen LogP contribution in [0.2, 0.25) is 0 Å². The Bertz CT molecular complexity index is 1770. The minimum Gasteiger partial charge on any atom is -0.316 e. The number of benzene rings is 4. The lowest BCUT2D eigenvalue weighted by atomic mass is 10.1. The van der Waals surface area contributed by atoms with E-state index in [0.29, 0.717) is 0 Å². The molecule has 150 valence electrons. The molecule has 0 spiro atoms. The molecule has 0 amide bonds. The number of para-hydroxylation sites is 2. The van der Waals surface area contributed by atoms with Crippen molar-refractivity contribution in [2.24, 2.45) is 0 Å². The Morgan fingerprint density at radius 3 is 2.25 bits per heavy atom. The molecule has 0 aliphatic rings. The molecule has 0 atom stereocenters. The molecule has 0 saturated heterocycles. The normalized spacial score (nSPS) is 11.8. The summed E-state index contributed by atoms with van der Waals surface area (Å²) in [6, 6.07) is 34.0. The summed E-state index contributed by atoms with van der Waals surface area (Å²) in [5.41, 5.74) is 4.57. The third kappa shape index (κ3) is 2.38. The zero-order chi connectivity index (χ0) is 21.1. The Kier molecular flexibility index (Phi) is 3.52. The van der Waals surface area contributed by atoms with E-state index in [0.717, 1.165) is 33.3 Å². The summed E-state index contributed by atoms with van der Waals surface area (Å²) in [5, 5.41) is 14.7. The number of hydrogen-bond donors (Lipinski definition) is 0. The summed E-state index contributed by atoms with van der Waals surface area (Å²) in [4.78, 5) is 0. The number of rotatable bonds is 2. The van der Waals surface area contributed by atoms with Crippen LogP contribution in [-0.4, -0.2) is 19.3 Å². The van der Waals surface area contributed by atoms with Gasteiger partial charge in [0.05, 0.1) is 22.7 Å². The molecule has 3 heterocycles. The molecule has 0 unspecified atom stereocenters. The van der Waals surface area contributed by atoms with Crippen LogP contribution >= 0.6 is 0 Å². The quantitative estimate of drug-likeness (QED) is 0.319. The predicted molar refractivity (Wildman–Crippen MR) is 131 cm³/mol. The third-order valence-electron chi connectivity index (χ3n) is 6.28. The second-order valence-electron chi connectivity index (χ2n) is 8.06. The SMILES string of the molecule is c1ccc(-n2ccc3cc4c5ccccc5n(-c5nncc6ccccc56)c4cc32)cc1. The average molecular weight is 410 g/mol. The van der Waals surface area contributed by atoms with Gasteiger partial charge in [-0.2, -0.15) is 5.10 Å². The molecule has 0 aliphatic heterocycles. The fourth-order valence-corrected chi connectivity index (χ4v) is 4.82. The Labute approximate surface area is 184 Å². The molecule has 32 heavy (non-hydrogen) atoms. The van der Waals surface area contributed by atoms with Crippen LogP contribution < -0.4 is 0 Å². The maximum Gasteiger partial charge on any atom is 0.168 e. The van der Waals surface area contributed by atoms with Crippen molar-refractivity contribution in [3.8, 4) is 11.5 Å². The first-order chi connectivity index (χ1) is 15.9. The minimum absolute atomic E-state index is 0.853. The first-order valence-corrected chi connectivity index (χ1v) is 10.7. The molecule has 3 aromatic heterocycles. The number of hydrogen-bond acceptors (Lipinski definition) is 2. The van der Waals surface area contributed by atoms with Crippen molar-refractivity contribution in [3.63, 3.8) is 0 Å². The van der Waals surface area contributed by atoms with Crippen LogP contribution in [0.25, 0.3) is 55.0 Å². The van der Waals surface area contributed by atoms with Gasteiger partial charge in [0.2, 0.25) is 0 Å². The summed E-state index contributed by atoms with van der Waals surface area (Å²) >= 11 is 0. The fourth-order valence-electron chi connectivity index (χ4n) is 4.82. The van der Waals surface area contributed by atoms with Crippen molar-refractivity contribution >= 4 is 43.5 Å². The highest BCUT2D eigenvalue weighted by atomic mass is 15.2. The molecule has 0 bridgehead atoms. The van der Waals surface area contributed by atoms with E-state index in [4.69, 9.17) is 0 Å². The maximum absolute atomic E-state index is 4.60. The zero-order valence-electron chi connectivity index (χ0n) is 17.2. The summed E-state index contributed by atoms with van der Waals surface area (Å²) in [6.07, 6.45) is 3.97. The average Bonchev–Trinajstić information content (AvgIpc) is 3.41. The van der Waals surface area contributed by atoms with E-state index in [1.54, 1.807) is 0 Å². The molecule has 4 nitrogen and oxygen atoms in total. The Morgan fingerprint density at radius 2 is 1.34 bits per heavy atom. The molecule has 7 rings (SSSR count).